The van der Waals surface area contributed by atoms with Crippen LogP contribution in [-0.2, 0) is 10.0 Å². The van der Waals surface area contributed by atoms with Crippen LogP contribution in [0.3, 0.4) is 0 Å². The molecule has 9 heteroatoms. The standard InChI is InChI=1S/C22H17N3O3S3/c1-2-15-5-6-16-13-21(30-19(16)12-15)31(27,28)25-10-8-24(9-11-25)22(26)20-14-17-18(29-20)4-3-7-23-17/h1,3-7,12-14H,8-11H2. The van der Waals surface area contributed by atoms with E-state index in [0.29, 0.717) is 22.2 Å². The van der Waals surface area contributed by atoms with Crippen LogP contribution >= 0.6 is 22.7 Å². The van der Waals surface area contributed by atoms with E-state index in [-0.39, 0.29) is 19.0 Å². The number of rotatable bonds is 3. The molecule has 1 aliphatic rings. The van der Waals surface area contributed by atoms with E-state index >= 15 is 0 Å². The fourth-order valence-corrected chi connectivity index (χ4v) is 7.61. The van der Waals surface area contributed by atoms with Crippen molar-refractivity contribution in [2.75, 3.05) is 26.2 Å². The third-order valence-electron chi connectivity index (χ3n) is 5.28. The first-order chi connectivity index (χ1) is 15.0. The smallest absolute Gasteiger partial charge is 0.264 e. The van der Waals surface area contributed by atoms with Crippen LogP contribution in [0, 0.1) is 12.3 Å². The second-order valence-electron chi connectivity index (χ2n) is 7.16. The van der Waals surface area contributed by atoms with Gasteiger partial charge < -0.3 is 4.90 Å². The number of thiophene rings is 2. The van der Waals surface area contributed by atoms with Gasteiger partial charge in [-0.3, -0.25) is 9.78 Å². The fourth-order valence-electron chi connectivity index (χ4n) is 3.61. The number of nitrogens with zero attached hydrogens (tertiary/aromatic N) is 3. The average molecular weight is 468 g/mol. The zero-order chi connectivity index (χ0) is 21.6. The summed E-state index contributed by atoms with van der Waals surface area (Å²) in [6.07, 6.45) is 7.15. The van der Waals surface area contributed by atoms with Gasteiger partial charge in [0.1, 0.15) is 4.21 Å². The molecule has 1 saturated heterocycles. The minimum atomic E-state index is -3.62. The van der Waals surface area contributed by atoms with Crippen molar-refractivity contribution in [1.82, 2.24) is 14.2 Å². The van der Waals surface area contributed by atoms with Gasteiger partial charge in [0.2, 0.25) is 0 Å². The van der Waals surface area contributed by atoms with Crippen molar-refractivity contribution in [3.63, 3.8) is 0 Å². The number of hydrogen-bond acceptors (Lipinski definition) is 6. The first-order valence-corrected chi connectivity index (χ1v) is 12.7. The van der Waals surface area contributed by atoms with E-state index in [0.717, 1.165) is 25.9 Å². The molecule has 1 fully saturated rings. The highest BCUT2D eigenvalue weighted by atomic mass is 32.2. The summed E-state index contributed by atoms with van der Waals surface area (Å²) < 4.78 is 29.9. The predicted octanol–water partition coefficient (Wildman–Crippen LogP) is 3.64. The van der Waals surface area contributed by atoms with Crippen molar-refractivity contribution in [2.45, 2.75) is 4.21 Å². The maximum atomic E-state index is 13.2. The van der Waals surface area contributed by atoms with Gasteiger partial charge in [0.15, 0.2) is 0 Å². The van der Waals surface area contributed by atoms with E-state index in [1.807, 2.05) is 24.3 Å². The minimum Gasteiger partial charge on any atom is -0.335 e. The molecule has 0 atom stereocenters. The van der Waals surface area contributed by atoms with Crippen LogP contribution in [0.5, 0.6) is 0 Å². The highest BCUT2D eigenvalue weighted by Gasteiger charge is 2.32. The van der Waals surface area contributed by atoms with Gasteiger partial charge in [-0.2, -0.15) is 4.31 Å². The summed E-state index contributed by atoms with van der Waals surface area (Å²) in [4.78, 5) is 19.5. The summed E-state index contributed by atoms with van der Waals surface area (Å²) in [7, 11) is -3.62. The fraction of sp³-hybridized carbons (Fsp3) is 0.182. The Morgan fingerprint density at radius 3 is 2.58 bits per heavy atom. The molecule has 0 saturated carbocycles. The van der Waals surface area contributed by atoms with Crippen molar-refractivity contribution in [3.8, 4) is 12.3 Å². The lowest BCUT2D eigenvalue weighted by molar-refractivity contribution is 0.0703. The van der Waals surface area contributed by atoms with E-state index in [1.54, 1.807) is 29.3 Å². The number of terminal acetylenes is 1. The maximum Gasteiger partial charge on any atom is 0.264 e. The van der Waals surface area contributed by atoms with E-state index in [1.165, 1.54) is 27.0 Å². The maximum absolute atomic E-state index is 13.2. The number of hydrogen-bond donors (Lipinski definition) is 0. The van der Waals surface area contributed by atoms with Crippen molar-refractivity contribution in [3.05, 3.63) is 59.1 Å². The highest BCUT2D eigenvalue weighted by Crippen LogP contribution is 2.32. The molecule has 4 heterocycles. The molecule has 0 radical (unpaired) electrons. The normalized spacial score (nSPS) is 15.4. The zero-order valence-electron chi connectivity index (χ0n) is 16.3. The number of sulfonamides is 1. The average Bonchev–Trinajstić information content (AvgIpc) is 3.42. The first-order valence-electron chi connectivity index (χ1n) is 9.60. The summed E-state index contributed by atoms with van der Waals surface area (Å²) in [5.74, 6) is 2.49. The van der Waals surface area contributed by atoms with Crippen LogP contribution in [-0.4, -0.2) is 54.7 Å². The summed E-state index contributed by atoms with van der Waals surface area (Å²) in [5, 5.41) is 0.856. The van der Waals surface area contributed by atoms with E-state index in [2.05, 4.69) is 10.9 Å². The number of carbonyl (C=O) groups excluding carboxylic acids is 1. The Kier molecular flexibility index (Phi) is 5.02. The first kappa shape index (κ1) is 20.2. The molecule has 6 nitrogen and oxygen atoms in total. The number of aromatic nitrogens is 1. The Labute approximate surface area is 187 Å². The van der Waals surface area contributed by atoms with E-state index < -0.39 is 10.0 Å². The molecule has 0 bridgehead atoms. The second-order valence-corrected chi connectivity index (χ2v) is 11.5. The van der Waals surface area contributed by atoms with Crippen LogP contribution in [0.4, 0.5) is 0 Å². The van der Waals surface area contributed by atoms with Gasteiger partial charge in [0.25, 0.3) is 15.9 Å². The van der Waals surface area contributed by atoms with Crippen LogP contribution < -0.4 is 0 Å². The SMILES string of the molecule is C#Cc1ccc2cc(S(=O)(=O)N3CCN(C(=O)c4cc5ncccc5s4)CC3)sc2c1. The third kappa shape index (κ3) is 3.62. The molecule has 0 unspecified atom stereocenters. The largest absolute Gasteiger partial charge is 0.335 e. The summed E-state index contributed by atoms with van der Waals surface area (Å²) >= 11 is 2.63. The molecule has 156 valence electrons. The third-order valence-corrected chi connectivity index (χ3v) is 9.81. The van der Waals surface area contributed by atoms with Crippen molar-refractivity contribution in [1.29, 1.82) is 0 Å². The van der Waals surface area contributed by atoms with Gasteiger partial charge in [0.05, 0.1) is 15.1 Å². The van der Waals surface area contributed by atoms with Gasteiger partial charge in [0, 0.05) is 42.6 Å². The van der Waals surface area contributed by atoms with E-state index in [4.69, 9.17) is 6.42 Å². The number of amides is 1. The summed E-state index contributed by atoms with van der Waals surface area (Å²) in [5.41, 5.74) is 1.52. The van der Waals surface area contributed by atoms with E-state index in [9.17, 15) is 13.2 Å². The van der Waals surface area contributed by atoms with Gasteiger partial charge in [-0.25, -0.2) is 8.42 Å². The minimum absolute atomic E-state index is 0.0799. The van der Waals surface area contributed by atoms with Crippen molar-refractivity contribution < 1.29 is 13.2 Å². The molecule has 4 aromatic rings. The predicted molar refractivity (Wildman–Crippen MR) is 124 cm³/mol. The van der Waals surface area contributed by atoms with Crippen molar-refractivity contribution >= 4 is 58.9 Å². The molecule has 0 spiro atoms. The lowest BCUT2D eigenvalue weighted by Crippen LogP contribution is -2.50. The Balaban J connectivity index is 1.32. The molecule has 1 aliphatic heterocycles. The molecular weight excluding hydrogens is 450 g/mol. The van der Waals surface area contributed by atoms with Gasteiger partial charge >= 0.3 is 0 Å². The highest BCUT2D eigenvalue weighted by molar-refractivity contribution is 7.91. The topological polar surface area (TPSA) is 70.6 Å². The van der Waals surface area contributed by atoms with Gasteiger partial charge in [-0.05, 0) is 41.8 Å². The molecule has 0 N–H and O–H groups in total. The van der Waals surface area contributed by atoms with Crippen molar-refractivity contribution in [2.24, 2.45) is 0 Å². The molecule has 31 heavy (non-hydrogen) atoms. The van der Waals surface area contributed by atoms with Crippen LogP contribution in [0.25, 0.3) is 20.3 Å². The Morgan fingerprint density at radius 1 is 1.03 bits per heavy atom. The van der Waals surface area contributed by atoms with Crippen LogP contribution in [0.15, 0.2) is 52.9 Å². The second kappa shape index (κ2) is 7.73. The van der Waals surface area contributed by atoms with Gasteiger partial charge in [-0.1, -0.05) is 12.0 Å². The van der Waals surface area contributed by atoms with Crippen LogP contribution in [0.2, 0.25) is 0 Å². The molecule has 0 aliphatic carbocycles. The zero-order valence-corrected chi connectivity index (χ0v) is 18.8. The number of piperazine rings is 1. The number of benzene rings is 1. The molecule has 1 amide bonds. The molecule has 3 aromatic heterocycles. The number of carbonyl (C=O) groups is 1. The Morgan fingerprint density at radius 2 is 1.84 bits per heavy atom. The van der Waals surface area contributed by atoms with Crippen LogP contribution in [0.1, 0.15) is 15.2 Å². The number of pyridine rings is 1. The lowest BCUT2D eigenvalue weighted by Gasteiger charge is -2.33. The molecule has 1 aromatic carbocycles. The molecule has 5 rings (SSSR count). The number of fused-ring (bicyclic) bond motifs is 2. The quantitative estimate of drug-likeness (QED) is 0.432. The lowest BCUT2D eigenvalue weighted by atomic mass is 10.2. The monoisotopic (exact) mass is 467 g/mol. The summed E-state index contributed by atoms with van der Waals surface area (Å²) in [6.45, 7) is 1.24. The Hall–Kier alpha value is -2.77. The molecular formula is C22H17N3O3S3. The Bertz CT molecular complexity index is 1420. The summed E-state index contributed by atoms with van der Waals surface area (Å²) in [6, 6.07) is 12.7. The van der Waals surface area contributed by atoms with Gasteiger partial charge in [-0.15, -0.1) is 29.1 Å².